The van der Waals surface area contributed by atoms with Gasteiger partial charge in [0.2, 0.25) is 5.91 Å². The highest BCUT2D eigenvalue weighted by Crippen LogP contribution is 2.38. The van der Waals surface area contributed by atoms with Gasteiger partial charge in [-0.3, -0.25) is 9.69 Å². The third-order valence-electron chi connectivity index (χ3n) is 5.47. The smallest absolute Gasteiger partial charge is 0.241 e. The number of nitriles is 1. The molecule has 2 aliphatic heterocycles. The molecule has 0 radical (unpaired) electrons. The Morgan fingerprint density at radius 2 is 1.93 bits per heavy atom. The van der Waals surface area contributed by atoms with Crippen LogP contribution in [-0.4, -0.2) is 43.7 Å². The third kappa shape index (κ3) is 4.36. The van der Waals surface area contributed by atoms with E-state index >= 15 is 0 Å². The number of carbonyl (C=O) groups is 1. The minimum Gasteiger partial charge on any atom is -0.486 e. The Bertz CT molecular complexity index is 894. The Morgan fingerprint density at radius 3 is 2.72 bits per heavy atom. The van der Waals surface area contributed by atoms with Gasteiger partial charge in [-0.1, -0.05) is 24.3 Å². The third-order valence-corrected chi connectivity index (χ3v) is 5.47. The molecule has 6 heteroatoms. The topological polar surface area (TPSA) is 65.8 Å². The number of para-hydroxylation sites is 1. The standard InChI is InChI=1S/C23H25N3O3/c24-11-5-13-26(19-6-2-1-3-7-19)23(27)17-25-12-4-8-20(25)18-9-10-21-22(16-18)29-15-14-28-21/h1-3,6-7,9-10,16,20H,4-5,8,12-15,17H2/t20-/m0/s1. The highest BCUT2D eigenvalue weighted by molar-refractivity contribution is 5.94. The number of ether oxygens (including phenoxy) is 2. The molecule has 1 fully saturated rings. The second-order valence-electron chi connectivity index (χ2n) is 7.32. The molecule has 2 heterocycles. The molecule has 2 aliphatic rings. The van der Waals surface area contributed by atoms with Crippen molar-refractivity contribution < 1.29 is 14.3 Å². The Hall–Kier alpha value is -3.04. The lowest BCUT2D eigenvalue weighted by Crippen LogP contribution is -2.40. The van der Waals surface area contributed by atoms with Gasteiger partial charge in [0.05, 0.1) is 19.0 Å². The van der Waals surface area contributed by atoms with Gasteiger partial charge in [-0.15, -0.1) is 0 Å². The van der Waals surface area contributed by atoms with Crippen LogP contribution in [0.25, 0.3) is 0 Å². The van der Waals surface area contributed by atoms with Crippen molar-refractivity contribution in [3.05, 3.63) is 54.1 Å². The number of anilines is 1. The van der Waals surface area contributed by atoms with Crippen molar-refractivity contribution in [1.82, 2.24) is 4.90 Å². The summed E-state index contributed by atoms with van der Waals surface area (Å²) in [5, 5.41) is 9.00. The van der Waals surface area contributed by atoms with E-state index in [0.29, 0.717) is 32.7 Å². The molecule has 0 unspecified atom stereocenters. The van der Waals surface area contributed by atoms with Crippen LogP contribution in [0.3, 0.4) is 0 Å². The molecule has 1 amide bonds. The molecule has 0 bridgehead atoms. The van der Waals surface area contributed by atoms with Crippen LogP contribution in [0.15, 0.2) is 48.5 Å². The van der Waals surface area contributed by atoms with Crippen molar-refractivity contribution in [3.8, 4) is 17.6 Å². The van der Waals surface area contributed by atoms with Crippen LogP contribution in [-0.2, 0) is 4.79 Å². The summed E-state index contributed by atoms with van der Waals surface area (Å²) < 4.78 is 11.4. The molecule has 0 N–H and O–H groups in total. The second kappa shape index (κ2) is 8.97. The minimum absolute atomic E-state index is 0.0240. The van der Waals surface area contributed by atoms with E-state index in [4.69, 9.17) is 14.7 Å². The van der Waals surface area contributed by atoms with Gasteiger partial charge in [0.15, 0.2) is 11.5 Å². The van der Waals surface area contributed by atoms with Gasteiger partial charge < -0.3 is 14.4 Å². The number of amides is 1. The summed E-state index contributed by atoms with van der Waals surface area (Å²) in [6.45, 7) is 2.76. The second-order valence-corrected chi connectivity index (χ2v) is 7.32. The van der Waals surface area contributed by atoms with Gasteiger partial charge in [0.1, 0.15) is 13.2 Å². The summed E-state index contributed by atoms with van der Waals surface area (Å²) in [5.41, 5.74) is 1.99. The largest absolute Gasteiger partial charge is 0.486 e. The monoisotopic (exact) mass is 391 g/mol. The summed E-state index contributed by atoms with van der Waals surface area (Å²) in [6.07, 6.45) is 2.37. The van der Waals surface area contributed by atoms with Gasteiger partial charge in [0.25, 0.3) is 0 Å². The van der Waals surface area contributed by atoms with Gasteiger partial charge in [-0.05, 0) is 49.2 Å². The van der Waals surface area contributed by atoms with Crippen LogP contribution in [0.5, 0.6) is 11.5 Å². The lowest BCUT2D eigenvalue weighted by Gasteiger charge is -2.29. The van der Waals surface area contributed by atoms with E-state index in [2.05, 4.69) is 17.0 Å². The van der Waals surface area contributed by atoms with Crippen molar-refractivity contribution in [3.63, 3.8) is 0 Å². The Balaban J connectivity index is 1.50. The first kappa shape index (κ1) is 19.3. The number of hydrogen-bond donors (Lipinski definition) is 0. The van der Waals surface area contributed by atoms with E-state index in [-0.39, 0.29) is 11.9 Å². The maximum absolute atomic E-state index is 13.1. The molecule has 2 aromatic rings. The summed E-state index contributed by atoms with van der Waals surface area (Å²) >= 11 is 0. The van der Waals surface area contributed by atoms with Crippen molar-refractivity contribution in [2.45, 2.75) is 25.3 Å². The Labute approximate surface area is 171 Å². The first-order valence-electron chi connectivity index (χ1n) is 10.1. The fourth-order valence-corrected chi connectivity index (χ4v) is 4.09. The first-order valence-corrected chi connectivity index (χ1v) is 10.1. The highest BCUT2D eigenvalue weighted by atomic mass is 16.6. The van der Waals surface area contributed by atoms with Crippen LogP contribution < -0.4 is 14.4 Å². The molecule has 2 aromatic carbocycles. The highest BCUT2D eigenvalue weighted by Gasteiger charge is 2.30. The molecule has 0 spiro atoms. The van der Waals surface area contributed by atoms with Crippen LogP contribution in [0.4, 0.5) is 5.69 Å². The van der Waals surface area contributed by atoms with Crippen LogP contribution in [0.1, 0.15) is 30.9 Å². The van der Waals surface area contributed by atoms with Crippen LogP contribution >= 0.6 is 0 Å². The summed E-state index contributed by atoms with van der Waals surface area (Å²) in [6, 6.07) is 18.0. The molecular formula is C23H25N3O3. The molecule has 0 aliphatic carbocycles. The number of fused-ring (bicyclic) bond motifs is 1. The lowest BCUT2D eigenvalue weighted by atomic mass is 10.0. The number of hydrogen-bond acceptors (Lipinski definition) is 5. The number of benzene rings is 2. The zero-order valence-corrected chi connectivity index (χ0v) is 16.4. The number of rotatable bonds is 6. The number of nitrogens with zero attached hydrogens (tertiary/aromatic N) is 3. The molecule has 4 rings (SSSR count). The van der Waals surface area contributed by atoms with E-state index in [1.54, 1.807) is 4.90 Å². The molecule has 6 nitrogen and oxygen atoms in total. The van der Waals surface area contributed by atoms with E-state index in [1.165, 1.54) is 0 Å². The average Bonchev–Trinajstić information content (AvgIpc) is 3.22. The molecule has 0 saturated carbocycles. The minimum atomic E-state index is 0.0240. The van der Waals surface area contributed by atoms with Gasteiger partial charge in [0, 0.05) is 18.3 Å². The van der Waals surface area contributed by atoms with Gasteiger partial charge >= 0.3 is 0 Å². The molecule has 0 aromatic heterocycles. The summed E-state index contributed by atoms with van der Waals surface area (Å²) in [5.74, 6) is 1.59. The first-order chi connectivity index (χ1) is 14.3. The fourth-order valence-electron chi connectivity index (χ4n) is 4.09. The molecule has 150 valence electrons. The van der Waals surface area contributed by atoms with Crippen molar-refractivity contribution in [2.75, 3.05) is 37.7 Å². The van der Waals surface area contributed by atoms with E-state index in [0.717, 1.165) is 42.1 Å². The van der Waals surface area contributed by atoms with Crippen molar-refractivity contribution in [2.24, 2.45) is 0 Å². The lowest BCUT2D eigenvalue weighted by molar-refractivity contribution is -0.120. The van der Waals surface area contributed by atoms with E-state index in [1.807, 2.05) is 42.5 Å². The quantitative estimate of drug-likeness (QED) is 0.754. The van der Waals surface area contributed by atoms with Crippen molar-refractivity contribution in [1.29, 1.82) is 5.26 Å². The van der Waals surface area contributed by atoms with Gasteiger partial charge in [-0.25, -0.2) is 0 Å². The zero-order chi connectivity index (χ0) is 20.1. The Morgan fingerprint density at radius 1 is 1.14 bits per heavy atom. The maximum Gasteiger partial charge on any atom is 0.241 e. The number of likely N-dealkylation sites (tertiary alicyclic amines) is 1. The number of carbonyl (C=O) groups excluding carboxylic acids is 1. The van der Waals surface area contributed by atoms with Crippen molar-refractivity contribution >= 4 is 11.6 Å². The van der Waals surface area contributed by atoms with E-state index in [9.17, 15) is 4.79 Å². The summed E-state index contributed by atoms with van der Waals surface area (Å²) in [7, 11) is 0. The van der Waals surface area contributed by atoms with Crippen LogP contribution in [0.2, 0.25) is 0 Å². The predicted octanol–water partition coefficient (Wildman–Crippen LogP) is 3.54. The normalized spacial score (nSPS) is 18.2. The molecule has 1 atom stereocenters. The van der Waals surface area contributed by atoms with Gasteiger partial charge in [-0.2, -0.15) is 5.26 Å². The van der Waals surface area contributed by atoms with Crippen LogP contribution in [0, 0.1) is 11.3 Å². The van der Waals surface area contributed by atoms with E-state index < -0.39 is 0 Å². The predicted molar refractivity (Wildman–Crippen MR) is 110 cm³/mol. The SMILES string of the molecule is N#CCCN(C(=O)CN1CCC[C@H]1c1ccc2c(c1)OCCO2)c1ccccc1. The molecular weight excluding hydrogens is 366 g/mol. The molecule has 1 saturated heterocycles. The summed E-state index contributed by atoms with van der Waals surface area (Å²) in [4.78, 5) is 17.1. The zero-order valence-electron chi connectivity index (χ0n) is 16.4. The average molecular weight is 391 g/mol. The Kier molecular flexibility index (Phi) is 5.97. The maximum atomic E-state index is 13.1. The molecule has 29 heavy (non-hydrogen) atoms. The fraction of sp³-hybridized carbons (Fsp3) is 0.391.